The number of nitrogens with zero attached hydrogens (tertiary/aromatic N) is 4. The fourth-order valence-electron chi connectivity index (χ4n) is 2.18. The summed E-state index contributed by atoms with van der Waals surface area (Å²) in [5, 5.41) is 13.0. The number of sulfonamides is 1. The van der Waals surface area contributed by atoms with Crippen LogP contribution in [0.1, 0.15) is 19.4 Å². The van der Waals surface area contributed by atoms with E-state index in [9.17, 15) is 13.2 Å². The number of hydrogen-bond donors (Lipinski definition) is 1. The number of carboxylic acid groups (broad SMARTS) is 1. The Morgan fingerprint density at radius 2 is 2.04 bits per heavy atom. The first-order chi connectivity index (χ1) is 10.8. The van der Waals surface area contributed by atoms with Crippen molar-refractivity contribution in [1.82, 2.24) is 19.1 Å². The molecule has 1 aromatic carbocycles. The van der Waals surface area contributed by atoms with Gasteiger partial charge >= 0.3 is 5.97 Å². The summed E-state index contributed by atoms with van der Waals surface area (Å²) in [6.45, 7) is 2.92. The molecule has 23 heavy (non-hydrogen) atoms. The highest BCUT2D eigenvalue weighted by atomic mass is 32.2. The average molecular weight is 338 g/mol. The topological polar surface area (TPSA) is 105 Å². The Hall–Kier alpha value is -2.26. The highest BCUT2D eigenvalue weighted by molar-refractivity contribution is 7.89. The highest BCUT2D eigenvalue weighted by Crippen LogP contribution is 2.22. The summed E-state index contributed by atoms with van der Waals surface area (Å²) in [4.78, 5) is 14.9. The molecule has 1 N–H and O–H groups in total. The van der Waals surface area contributed by atoms with Gasteiger partial charge in [0, 0.05) is 6.04 Å². The molecule has 0 aliphatic carbocycles. The number of aromatic nitrogens is 3. The van der Waals surface area contributed by atoms with Crippen molar-refractivity contribution in [2.24, 2.45) is 0 Å². The van der Waals surface area contributed by atoms with Gasteiger partial charge in [-0.3, -0.25) is 4.79 Å². The minimum absolute atomic E-state index is 0.0745. The van der Waals surface area contributed by atoms with Crippen molar-refractivity contribution in [3.05, 3.63) is 42.5 Å². The van der Waals surface area contributed by atoms with E-state index in [-0.39, 0.29) is 11.4 Å². The van der Waals surface area contributed by atoms with Gasteiger partial charge in [0.05, 0.1) is 11.4 Å². The normalized spacial score (nSPS) is 12.0. The maximum Gasteiger partial charge on any atom is 0.318 e. The first kappa shape index (κ1) is 17.1. The monoisotopic (exact) mass is 338 g/mol. The quantitative estimate of drug-likeness (QED) is 0.801. The summed E-state index contributed by atoms with van der Waals surface area (Å²) in [6.07, 6.45) is 2.85. The van der Waals surface area contributed by atoms with Crippen LogP contribution in [0, 0.1) is 0 Å². The third-order valence-corrected chi connectivity index (χ3v) is 5.35. The minimum atomic E-state index is -3.94. The van der Waals surface area contributed by atoms with Gasteiger partial charge in [0.15, 0.2) is 0 Å². The smallest absolute Gasteiger partial charge is 0.318 e. The molecule has 0 fully saturated rings. The van der Waals surface area contributed by atoms with E-state index in [1.165, 1.54) is 23.4 Å². The van der Waals surface area contributed by atoms with Crippen LogP contribution in [0.25, 0.3) is 0 Å². The number of hydrogen-bond acceptors (Lipinski definition) is 5. The third-order valence-electron chi connectivity index (χ3n) is 3.23. The van der Waals surface area contributed by atoms with Gasteiger partial charge in [0.1, 0.15) is 19.2 Å². The molecule has 2 aromatic rings. The maximum atomic E-state index is 12.9. The predicted molar refractivity (Wildman–Crippen MR) is 82.2 cm³/mol. The van der Waals surface area contributed by atoms with E-state index >= 15 is 0 Å². The fraction of sp³-hybridized carbons (Fsp3) is 0.357. The molecule has 124 valence electrons. The van der Waals surface area contributed by atoms with Crippen molar-refractivity contribution in [3.8, 4) is 0 Å². The Labute approximate surface area is 134 Å². The lowest BCUT2D eigenvalue weighted by Crippen LogP contribution is -2.41. The van der Waals surface area contributed by atoms with Crippen molar-refractivity contribution in [2.75, 3.05) is 6.54 Å². The molecule has 1 aromatic heterocycles. The summed E-state index contributed by atoms with van der Waals surface area (Å²) in [5.74, 6) is -1.20. The van der Waals surface area contributed by atoms with Gasteiger partial charge in [-0.05, 0) is 25.5 Å². The van der Waals surface area contributed by atoms with Gasteiger partial charge in [-0.25, -0.2) is 18.1 Å². The number of carbonyl (C=O) groups is 1. The van der Waals surface area contributed by atoms with Gasteiger partial charge in [-0.1, -0.05) is 18.2 Å². The van der Waals surface area contributed by atoms with Crippen LogP contribution in [-0.2, 0) is 21.4 Å². The first-order valence-electron chi connectivity index (χ1n) is 6.96. The van der Waals surface area contributed by atoms with E-state index in [2.05, 4.69) is 10.1 Å². The van der Waals surface area contributed by atoms with Crippen LogP contribution in [0.3, 0.4) is 0 Å². The Balaban J connectivity index is 2.44. The highest BCUT2D eigenvalue weighted by Gasteiger charge is 2.30. The molecule has 0 spiro atoms. The Bertz CT molecular complexity index is 772. The second-order valence-corrected chi connectivity index (χ2v) is 7.10. The number of carboxylic acids is 1. The molecule has 0 radical (unpaired) electrons. The zero-order chi connectivity index (χ0) is 17.0. The van der Waals surface area contributed by atoms with E-state index in [4.69, 9.17) is 5.11 Å². The van der Waals surface area contributed by atoms with Gasteiger partial charge < -0.3 is 5.11 Å². The molecule has 0 unspecified atom stereocenters. The zero-order valence-electron chi connectivity index (χ0n) is 12.8. The fourth-order valence-corrected chi connectivity index (χ4v) is 3.98. The van der Waals surface area contributed by atoms with Crippen LogP contribution in [0.4, 0.5) is 0 Å². The lowest BCUT2D eigenvalue weighted by molar-refractivity contribution is -0.137. The van der Waals surface area contributed by atoms with Crippen molar-refractivity contribution in [3.63, 3.8) is 0 Å². The van der Waals surface area contributed by atoms with Crippen LogP contribution >= 0.6 is 0 Å². The molecule has 0 amide bonds. The van der Waals surface area contributed by atoms with Crippen LogP contribution in [0.2, 0.25) is 0 Å². The zero-order valence-corrected chi connectivity index (χ0v) is 13.6. The van der Waals surface area contributed by atoms with Crippen molar-refractivity contribution >= 4 is 16.0 Å². The summed E-state index contributed by atoms with van der Waals surface area (Å²) in [7, 11) is -3.94. The molecule has 0 saturated carbocycles. The first-order valence-corrected chi connectivity index (χ1v) is 8.40. The molecule has 2 rings (SSSR count). The summed E-state index contributed by atoms with van der Waals surface area (Å²) in [5.41, 5.74) is 0.522. The average Bonchev–Trinajstić information content (AvgIpc) is 2.97. The van der Waals surface area contributed by atoms with Crippen molar-refractivity contribution < 1.29 is 18.3 Å². The molecule has 0 atom stereocenters. The number of aliphatic carboxylic acids is 1. The van der Waals surface area contributed by atoms with Gasteiger partial charge in [0.25, 0.3) is 0 Å². The molecule has 9 heteroatoms. The van der Waals surface area contributed by atoms with Crippen LogP contribution in [0.5, 0.6) is 0 Å². The second-order valence-electron chi connectivity index (χ2n) is 5.24. The van der Waals surface area contributed by atoms with E-state index in [1.807, 2.05) is 0 Å². The lowest BCUT2D eigenvalue weighted by atomic mass is 10.2. The summed E-state index contributed by atoms with van der Waals surface area (Å²) < 4.78 is 28.2. The third kappa shape index (κ3) is 3.93. The molecule has 1 heterocycles. The van der Waals surface area contributed by atoms with Crippen LogP contribution in [-0.4, -0.2) is 51.1 Å². The molecule has 0 bridgehead atoms. The Morgan fingerprint density at radius 1 is 1.35 bits per heavy atom. The molecule has 0 aliphatic rings. The molecule has 0 saturated heterocycles. The molecular weight excluding hydrogens is 320 g/mol. The van der Waals surface area contributed by atoms with Gasteiger partial charge in [0.2, 0.25) is 10.0 Å². The molecular formula is C14H18N4O4S. The standard InChI is InChI=1S/C14H18N4O4S/c1-11(2)18(8-14(19)20)23(21,22)13-6-4-3-5-12(13)7-17-10-15-9-16-17/h3-6,9-11H,7-8H2,1-2H3,(H,19,20). The maximum absolute atomic E-state index is 12.9. The largest absolute Gasteiger partial charge is 0.480 e. The number of rotatable bonds is 7. The minimum Gasteiger partial charge on any atom is -0.480 e. The van der Waals surface area contributed by atoms with Gasteiger partial charge in [-0.15, -0.1) is 0 Å². The van der Waals surface area contributed by atoms with E-state index < -0.39 is 28.6 Å². The second kappa shape index (κ2) is 6.88. The van der Waals surface area contributed by atoms with E-state index in [0.717, 1.165) is 4.31 Å². The Kier molecular flexibility index (Phi) is 5.12. The van der Waals surface area contributed by atoms with E-state index in [0.29, 0.717) is 5.56 Å². The van der Waals surface area contributed by atoms with Crippen LogP contribution < -0.4 is 0 Å². The van der Waals surface area contributed by atoms with Crippen molar-refractivity contribution in [1.29, 1.82) is 0 Å². The predicted octanol–water partition coefficient (Wildman–Crippen LogP) is 0.810. The van der Waals surface area contributed by atoms with Crippen molar-refractivity contribution in [2.45, 2.75) is 31.3 Å². The lowest BCUT2D eigenvalue weighted by Gasteiger charge is -2.25. The summed E-state index contributed by atoms with van der Waals surface area (Å²) >= 11 is 0. The van der Waals surface area contributed by atoms with E-state index in [1.54, 1.807) is 32.0 Å². The Morgan fingerprint density at radius 3 is 2.61 bits per heavy atom. The molecule has 0 aliphatic heterocycles. The SMILES string of the molecule is CC(C)N(CC(=O)O)S(=O)(=O)c1ccccc1Cn1cncn1. The molecule has 8 nitrogen and oxygen atoms in total. The van der Waals surface area contributed by atoms with Gasteiger partial charge in [-0.2, -0.15) is 9.40 Å². The summed E-state index contributed by atoms with van der Waals surface area (Å²) in [6, 6.07) is 6.00. The van der Waals surface area contributed by atoms with Crippen LogP contribution in [0.15, 0.2) is 41.8 Å². The number of benzene rings is 1.